The first-order chi connectivity index (χ1) is 6.60. The number of carbonyl (C=O) groups is 1. The quantitative estimate of drug-likeness (QED) is 0.363. The summed E-state index contributed by atoms with van der Waals surface area (Å²) in [5, 5.41) is 0. The van der Waals surface area contributed by atoms with E-state index in [4.69, 9.17) is 5.84 Å². The topological polar surface area (TPSA) is 58.4 Å². The van der Waals surface area contributed by atoms with Crippen molar-refractivity contribution in [3.63, 3.8) is 0 Å². The predicted molar refractivity (Wildman–Crippen MR) is 58.5 cm³/mol. The van der Waals surface area contributed by atoms with E-state index in [1.54, 1.807) is 0 Å². The molecule has 0 aliphatic rings. The monoisotopic (exact) mass is 201 g/mol. The van der Waals surface area contributed by atoms with Crippen LogP contribution in [-0.4, -0.2) is 30.9 Å². The van der Waals surface area contributed by atoms with Gasteiger partial charge in [-0.3, -0.25) is 10.2 Å². The highest BCUT2D eigenvalue weighted by atomic mass is 16.2. The maximum absolute atomic E-state index is 10.8. The van der Waals surface area contributed by atoms with Crippen molar-refractivity contribution in [2.75, 3.05) is 20.1 Å². The first kappa shape index (κ1) is 13.4. The summed E-state index contributed by atoms with van der Waals surface area (Å²) in [6.45, 7) is 6.49. The number of hydrogen-bond donors (Lipinski definition) is 2. The van der Waals surface area contributed by atoms with Gasteiger partial charge in [0.15, 0.2) is 0 Å². The molecule has 0 aromatic carbocycles. The van der Waals surface area contributed by atoms with Gasteiger partial charge in [0.25, 0.3) is 0 Å². The average molecular weight is 201 g/mol. The van der Waals surface area contributed by atoms with Crippen molar-refractivity contribution in [2.45, 2.75) is 33.1 Å². The number of carbonyl (C=O) groups excluding carboxylic acids is 1. The van der Waals surface area contributed by atoms with Crippen LogP contribution >= 0.6 is 0 Å². The Hall–Kier alpha value is -0.610. The molecule has 84 valence electrons. The Morgan fingerprint density at radius 3 is 2.71 bits per heavy atom. The zero-order chi connectivity index (χ0) is 11.0. The van der Waals surface area contributed by atoms with Crippen LogP contribution in [0, 0.1) is 5.92 Å². The Labute approximate surface area is 86.8 Å². The number of hydrazine groups is 1. The molecule has 1 amide bonds. The molecule has 4 nitrogen and oxygen atoms in total. The molecule has 14 heavy (non-hydrogen) atoms. The Morgan fingerprint density at radius 2 is 2.21 bits per heavy atom. The van der Waals surface area contributed by atoms with E-state index in [-0.39, 0.29) is 5.91 Å². The lowest BCUT2D eigenvalue weighted by Gasteiger charge is -2.19. The van der Waals surface area contributed by atoms with Gasteiger partial charge in [0, 0.05) is 13.0 Å². The zero-order valence-corrected chi connectivity index (χ0v) is 9.55. The van der Waals surface area contributed by atoms with Crippen molar-refractivity contribution in [3.05, 3.63) is 0 Å². The Morgan fingerprint density at radius 1 is 1.57 bits per heavy atom. The van der Waals surface area contributed by atoms with Crippen LogP contribution in [0.1, 0.15) is 33.1 Å². The standard InChI is InChI=1S/C10H23N3O/c1-4-9(2)8-13(3)7-5-6-10(14)12-11/h9H,4-8,11H2,1-3H3,(H,12,14). The third kappa shape index (κ3) is 6.86. The average Bonchev–Trinajstić information content (AvgIpc) is 2.17. The van der Waals surface area contributed by atoms with Crippen molar-refractivity contribution in [1.82, 2.24) is 10.3 Å². The molecule has 0 aromatic rings. The molecule has 0 aliphatic carbocycles. The second-order valence-corrected chi connectivity index (χ2v) is 3.95. The first-order valence-corrected chi connectivity index (χ1v) is 5.28. The van der Waals surface area contributed by atoms with Crippen molar-refractivity contribution >= 4 is 5.91 Å². The van der Waals surface area contributed by atoms with Gasteiger partial charge in [0.05, 0.1) is 0 Å². The third-order valence-electron chi connectivity index (χ3n) is 2.42. The molecule has 0 saturated carbocycles. The van der Waals surface area contributed by atoms with Crippen LogP contribution < -0.4 is 11.3 Å². The Kier molecular flexibility index (Phi) is 7.42. The second kappa shape index (κ2) is 7.76. The highest BCUT2D eigenvalue weighted by molar-refractivity contribution is 5.75. The maximum atomic E-state index is 10.8. The predicted octanol–water partition coefficient (Wildman–Crippen LogP) is 0.734. The van der Waals surface area contributed by atoms with Gasteiger partial charge in [0.2, 0.25) is 5.91 Å². The minimum Gasteiger partial charge on any atom is -0.306 e. The smallest absolute Gasteiger partial charge is 0.233 e. The van der Waals surface area contributed by atoms with Gasteiger partial charge in [-0.2, -0.15) is 0 Å². The molecule has 1 unspecified atom stereocenters. The lowest BCUT2D eigenvalue weighted by atomic mass is 10.1. The molecule has 0 aromatic heterocycles. The zero-order valence-electron chi connectivity index (χ0n) is 9.55. The number of nitrogens with one attached hydrogen (secondary N) is 1. The Bertz CT molecular complexity index is 161. The van der Waals surface area contributed by atoms with Crippen LogP contribution in [0.25, 0.3) is 0 Å². The van der Waals surface area contributed by atoms with Crippen LogP contribution in [0.4, 0.5) is 0 Å². The summed E-state index contributed by atoms with van der Waals surface area (Å²) in [5.41, 5.74) is 2.13. The van der Waals surface area contributed by atoms with Gasteiger partial charge >= 0.3 is 0 Å². The molecule has 4 heteroatoms. The summed E-state index contributed by atoms with van der Waals surface area (Å²) in [7, 11) is 2.09. The van der Waals surface area contributed by atoms with Gasteiger partial charge in [-0.15, -0.1) is 0 Å². The fourth-order valence-electron chi connectivity index (χ4n) is 1.33. The van der Waals surface area contributed by atoms with Crippen molar-refractivity contribution in [1.29, 1.82) is 0 Å². The minimum atomic E-state index is -0.0815. The second-order valence-electron chi connectivity index (χ2n) is 3.95. The number of rotatable bonds is 7. The number of amides is 1. The van der Waals surface area contributed by atoms with Gasteiger partial charge in [-0.25, -0.2) is 5.84 Å². The van der Waals surface area contributed by atoms with Gasteiger partial charge in [-0.05, 0) is 25.9 Å². The van der Waals surface area contributed by atoms with Crippen LogP contribution in [0.5, 0.6) is 0 Å². The molecular formula is C10H23N3O. The van der Waals surface area contributed by atoms with E-state index in [1.807, 2.05) is 0 Å². The van der Waals surface area contributed by atoms with E-state index < -0.39 is 0 Å². The summed E-state index contributed by atoms with van der Waals surface area (Å²) in [6.07, 6.45) is 2.59. The van der Waals surface area contributed by atoms with Crippen molar-refractivity contribution < 1.29 is 4.79 Å². The fraction of sp³-hybridized carbons (Fsp3) is 0.900. The Balaban J connectivity index is 3.44. The van der Waals surface area contributed by atoms with Crippen molar-refractivity contribution in [2.24, 2.45) is 11.8 Å². The first-order valence-electron chi connectivity index (χ1n) is 5.28. The summed E-state index contributed by atoms with van der Waals surface area (Å²) >= 11 is 0. The molecule has 0 aliphatic heterocycles. The highest BCUT2D eigenvalue weighted by Gasteiger charge is 2.05. The third-order valence-corrected chi connectivity index (χ3v) is 2.42. The number of nitrogens with zero attached hydrogens (tertiary/aromatic N) is 1. The SMILES string of the molecule is CCC(C)CN(C)CCCC(=O)NN. The normalized spacial score (nSPS) is 12.9. The largest absolute Gasteiger partial charge is 0.306 e. The molecule has 1 atom stereocenters. The lowest BCUT2D eigenvalue weighted by Crippen LogP contribution is -2.31. The van der Waals surface area contributed by atoms with Crippen molar-refractivity contribution in [3.8, 4) is 0 Å². The van der Waals surface area contributed by atoms with E-state index in [2.05, 4.69) is 31.2 Å². The summed E-state index contributed by atoms with van der Waals surface area (Å²) in [5.74, 6) is 5.62. The molecule has 0 saturated heterocycles. The number of hydrogen-bond acceptors (Lipinski definition) is 3. The molecule has 3 N–H and O–H groups in total. The maximum Gasteiger partial charge on any atom is 0.233 e. The summed E-state index contributed by atoms with van der Waals surface area (Å²) in [4.78, 5) is 13.1. The molecular weight excluding hydrogens is 178 g/mol. The van der Waals surface area contributed by atoms with Crippen LogP contribution in [0.15, 0.2) is 0 Å². The van der Waals surface area contributed by atoms with Crippen LogP contribution in [-0.2, 0) is 4.79 Å². The van der Waals surface area contributed by atoms with E-state index in [9.17, 15) is 4.79 Å². The molecule has 0 radical (unpaired) electrons. The van der Waals surface area contributed by atoms with E-state index in [1.165, 1.54) is 6.42 Å². The van der Waals surface area contributed by atoms with E-state index in [0.717, 1.165) is 25.4 Å². The minimum absolute atomic E-state index is 0.0815. The van der Waals surface area contributed by atoms with Gasteiger partial charge < -0.3 is 4.90 Å². The molecule has 0 bridgehead atoms. The van der Waals surface area contributed by atoms with Gasteiger partial charge in [-0.1, -0.05) is 20.3 Å². The van der Waals surface area contributed by atoms with Gasteiger partial charge in [0.1, 0.15) is 0 Å². The summed E-state index contributed by atoms with van der Waals surface area (Å²) < 4.78 is 0. The fourth-order valence-corrected chi connectivity index (χ4v) is 1.33. The van der Waals surface area contributed by atoms with E-state index >= 15 is 0 Å². The molecule has 0 spiro atoms. The molecule has 0 rings (SSSR count). The van der Waals surface area contributed by atoms with E-state index in [0.29, 0.717) is 6.42 Å². The van der Waals surface area contributed by atoms with Crippen LogP contribution in [0.3, 0.4) is 0 Å². The van der Waals surface area contributed by atoms with Crippen LogP contribution in [0.2, 0.25) is 0 Å². The molecule has 0 heterocycles. The molecule has 0 fully saturated rings. The number of nitrogens with two attached hydrogens (primary N) is 1. The highest BCUT2D eigenvalue weighted by Crippen LogP contribution is 2.03. The summed E-state index contributed by atoms with van der Waals surface area (Å²) in [6, 6.07) is 0. The lowest BCUT2D eigenvalue weighted by molar-refractivity contribution is -0.121.